The molecular formula is C29H42N4O5. The van der Waals surface area contributed by atoms with E-state index in [9.17, 15) is 9.59 Å². The molecule has 2 aromatic rings. The number of ether oxygens (including phenoxy) is 3. The van der Waals surface area contributed by atoms with Crippen molar-refractivity contribution in [3.63, 3.8) is 0 Å². The molecule has 0 bridgehead atoms. The predicted molar refractivity (Wildman–Crippen MR) is 151 cm³/mol. The molecule has 0 heterocycles. The standard InChI is InChI=1S/C29H42N4O5/c1-10-30-24(32-25(34)37-27(2,3)4)31-21-16-17-23(36-19-20-14-12-11-13-15-20)22(18-21)29(8,9)33-26(35)38-28(5,6)7/h11-18H,10,19H2,1-9H3,(H,33,35)(H2,30,31,32,34). The van der Waals surface area contributed by atoms with Crippen molar-refractivity contribution in [3.05, 3.63) is 59.7 Å². The maximum atomic E-state index is 12.7. The van der Waals surface area contributed by atoms with Crippen LogP contribution in [0.15, 0.2) is 53.5 Å². The molecule has 9 heteroatoms. The number of carbonyl (C=O) groups excluding carboxylic acids is 2. The van der Waals surface area contributed by atoms with Gasteiger partial charge in [-0.2, -0.15) is 0 Å². The van der Waals surface area contributed by atoms with E-state index in [0.717, 1.165) is 5.56 Å². The summed E-state index contributed by atoms with van der Waals surface area (Å²) in [5, 5.41) is 8.74. The van der Waals surface area contributed by atoms with Gasteiger partial charge in [0.2, 0.25) is 5.96 Å². The smallest absolute Gasteiger partial charge is 0.414 e. The summed E-state index contributed by atoms with van der Waals surface area (Å²) in [4.78, 5) is 29.3. The first-order valence-corrected chi connectivity index (χ1v) is 12.7. The first-order chi connectivity index (χ1) is 17.6. The topological polar surface area (TPSA) is 110 Å². The molecule has 0 radical (unpaired) electrons. The second kappa shape index (κ2) is 12.7. The number of benzene rings is 2. The van der Waals surface area contributed by atoms with E-state index in [-0.39, 0.29) is 5.96 Å². The molecule has 0 fully saturated rings. The molecule has 0 saturated carbocycles. The predicted octanol–water partition coefficient (Wildman–Crippen LogP) is 6.34. The third-order valence-electron chi connectivity index (χ3n) is 4.90. The zero-order valence-corrected chi connectivity index (χ0v) is 24.0. The van der Waals surface area contributed by atoms with Gasteiger partial charge in [-0.05, 0) is 86.1 Å². The van der Waals surface area contributed by atoms with Gasteiger partial charge in [0.15, 0.2) is 0 Å². The van der Waals surface area contributed by atoms with Crippen LogP contribution in [0.25, 0.3) is 0 Å². The molecule has 38 heavy (non-hydrogen) atoms. The summed E-state index contributed by atoms with van der Waals surface area (Å²) in [6, 6.07) is 15.3. The second-order valence-electron chi connectivity index (χ2n) is 11.3. The summed E-state index contributed by atoms with van der Waals surface area (Å²) >= 11 is 0. The number of anilines is 1. The van der Waals surface area contributed by atoms with Crippen molar-refractivity contribution in [2.45, 2.75) is 85.7 Å². The maximum absolute atomic E-state index is 12.7. The molecule has 2 rings (SSSR count). The lowest BCUT2D eigenvalue weighted by Gasteiger charge is -2.31. The van der Waals surface area contributed by atoms with Gasteiger partial charge in [0.25, 0.3) is 0 Å². The lowest BCUT2D eigenvalue weighted by Crippen LogP contribution is -2.44. The van der Waals surface area contributed by atoms with Crippen LogP contribution < -0.4 is 20.7 Å². The lowest BCUT2D eigenvalue weighted by molar-refractivity contribution is 0.0467. The number of rotatable bonds is 7. The minimum atomic E-state index is -0.868. The van der Waals surface area contributed by atoms with Crippen LogP contribution in [-0.4, -0.2) is 35.9 Å². The van der Waals surface area contributed by atoms with Gasteiger partial charge in [0.1, 0.15) is 23.6 Å². The van der Waals surface area contributed by atoms with Gasteiger partial charge < -0.3 is 24.8 Å². The SMILES string of the molecule is CC/N=C(/NC(=O)OC(C)(C)C)Nc1ccc(OCc2ccccc2)c(C(C)(C)NC(=O)OC(C)(C)C)c1. The Labute approximate surface area is 226 Å². The highest BCUT2D eigenvalue weighted by Gasteiger charge is 2.30. The van der Waals surface area contributed by atoms with Crippen molar-refractivity contribution in [3.8, 4) is 5.75 Å². The van der Waals surface area contributed by atoms with Crippen LogP contribution in [0, 0.1) is 0 Å². The number of nitrogens with one attached hydrogen (secondary N) is 3. The summed E-state index contributed by atoms with van der Waals surface area (Å²) < 4.78 is 17.0. The Morgan fingerprint density at radius 1 is 0.842 bits per heavy atom. The Morgan fingerprint density at radius 2 is 1.45 bits per heavy atom. The highest BCUT2D eigenvalue weighted by molar-refractivity contribution is 6.02. The number of hydrogen-bond acceptors (Lipinski definition) is 6. The number of aliphatic imine (C=N–C) groups is 1. The first kappa shape index (κ1) is 30.5. The van der Waals surface area contributed by atoms with E-state index in [1.54, 1.807) is 20.8 Å². The molecule has 0 saturated heterocycles. The number of hydrogen-bond donors (Lipinski definition) is 3. The van der Waals surface area contributed by atoms with E-state index in [2.05, 4.69) is 20.9 Å². The molecule has 0 aliphatic heterocycles. The fraction of sp³-hybridized carbons (Fsp3) is 0.483. The molecule has 0 aromatic heterocycles. The molecule has 0 atom stereocenters. The third-order valence-corrected chi connectivity index (χ3v) is 4.90. The first-order valence-electron chi connectivity index (χ1n) is 12.7. The zero-order chi connectivity index (χ0) is 28.6. The number of alkyl carbamates (subject to hydrolysis) is 2. The summed E-state index contributed by atoms with van der Waals surface area (Å²) in [7, 11) is 0. The Balaban J connectivity index is 2.36. The van der Waals surface area contributed by atoms with E-state index in [1.165, 1.54) is 0 Å². The second-order valence-corrected chi connectivity index (χ2v) is 11.3. The third kappa shape index (κ3) is 10.7. The number of guanidine groups is 1. The average molecular weight is 527 g/mol. The van der Waals surface area contributed by atoms with Crippen molar-refractivity contribution in [2.75, 3.05) is 11.9 Å². The van der Waals surface area contributed by atoms with E-state index in [0.29, 0.717) is 30.2 Å². The van der Waals surface area contributed by atoms with Crippen LogP contribution in [-0.2, 0) is 21.6 Å². The van der Waals surface area contributed by atoms with Gasteiger partial charge in [-0.25, -0.2) is 9.59 Å². The van der Waals surface area contributed by atoms with Gasteiger partial charge in [-0.3, -0.25) is 10.3 Å². The molecule has 0 spiro atoms. The largest absolute Gasteiger partial charge is 0.489 e. The number of amides is 2. The van der Waals surface area contributed by atoms with Crippen molar-refractivity contribution in [1.82, 2.24) is 10.6 Å². The van der Waals surface area contributed by atoms with Crippen LogP contribution in [0.2, 0.25) is 0 Å². The Morgan fingerprint density at radius 3 is 2.03 bits per heavy atom. The highest BCUT2D eigenvalue weighted by Crippen LogP contribution is 2.33. The van der Waals surface area contributed by atoms with E-state index < -0.39 is 28.9 Å². The summed E-state index contributed by atoms with van der Waals surface area (Å²) in [6.45, 7) is 17.2. The lowest BCUT2D eigenvalue weighted by atomic mass is 9.93. The molecule has 9 nitrogen and oxygen atoms in total. The zero-order valence-electron chi connectivity index (χ0n) is 24.0. The van der Waals surface area contributed by atoms with Crippen molar-refractivity contribution < 1.29 is 23.8 Å². The van der Waals surface area contributed by atoms with Crippen LogP contribution >= 0.6 is 0 Å². The van der Waals surface area contributed by atoms with E-state index in [1.807, 2.05) is 90.1 Å². The normalized spacial score (nSPS) is 12.4. The summed E-state index contributed by atoms with van der Waals surface area (Å²) in [5.41, 5.74) is 0.190. The fourth-order valence-electron chi connectivity index (χ4n) is 3.39. The van der Waals surface area contributed by atoms with Crippen LogP contribution in [0.1, 0.15) is 73.4 Å². The molecular weight excluding hydrogens is 484 g/mol. The molecule has 0 aliphatic rings. The summed E-state index contributed by atoms with van der Waals surface area (Å²) in [5.74, 6) is 0.832. The Bertz CT molecular complexity index is 1120. The number of nitrogens with zero attached hydrogens (tertiary/aromatic N) is 1. The molecule has 2 aromatic carbocycles. The van der Waals surface area contributed by atoms with Gasteiger partial charge >= 0.3 is 12.2 Å². The van der Waals surface area contributed by atoms with Gasteiger partial charge in [0.05, 0.1) is 5.54 Å². The molecule has 3 N–H and O–H groups in total. The molecule has 208 valence electrons. The Kier molecular flexibility index (Phi) is 10.2. The minimum Gasteiger partial charge on any atom is -0.489 e. The van der Waals surface area contributed by atoms with Crippen LogP contribution in [0.5, 0.6) is 5.75 Å². The van der Waals surface area contributed by atoms with Crippen molar-refractivity contribution in [1.29, 1.82) is 0 Å². The maximum Gasteiger partial charge on any atom is 0.414 e. The fourth-order valence-corrected chi connectivity index (χ4v) is 3.39. The van der Waals surface area contributed by atoms with Crippen LogP contribution in [0.3, 0.4) is 0 Å². The Hall–Kier alpha value is -3.75. The van der Waals surface area contributed by atoms with Gasteiger partial charge in [0, 0.05) is 17.8 Å². The monoisotopic (exact) mass is 526 g/mol. The molecule has 2 amide bonds. The van der Waals surface area contributed by atoms with Gasteiger partial charge in [-0.15, -0.1) is 0 Å². The molecule has 0 unspecified atom stereocenters. The van der Waals surface area contributed by atoms with E-state index >= 15 is 0 Å². The van der Waals surface area contributed by atoms with Crippen molar-refractivity contribution >= 4 is 23.8 Å². The minimum absolute atomic E-state index is 0.239. The highest BCUT2D eigenvalue weighted by atomic mass is 16.6. The number of carbonyl (C=O) groups is 2. The summed E-state index contributed by atoms with van der Waals surface area (Å²) in [6.07, 6.45) is -1.16. The quantitative estimate of drug-likeness (QED) is 0.287. The van der Waals surface area contributed by atoms with Crippen LogP contribution in [0.4, 0.5) is 15.3 Å². The van der Waals surface area contributed by atoms with E-state index in [4.69, 9.17) is 14.2 Å². The van der Waals surface area contributed by atoms with Crippen molar-refractivity contribution in [2.24, 2.45) is 4.99 Å². The molecule has 0 aliphatic carbocycles. The van der Waals surface area contributed by atoms with Gasteiger partial charge in [-0.1, -0.05) is 30.3 Å². The average Bonchev–Trinajstić information content (AvgIpc) is 2.76.